The molecule has 0 atom stereocenters. The molecule has 0 bridgehead atoms. The summed E-state index contributed by atoms with van der Waals surface area (Å²) < 4.78 is 0. The third-order valence-corrected chi connectivity index (χ3v) is 2.75. The molecule has 0 aromatic heterocycles. The number of anilines is 1. The fourth-order valence-electron chi connectivity index (χ4n) is 1.73. The number of carboxylic acid groups (broad SMARTS) is 1. The number of para-hydroxylation sites is 1. The fraction of sp³-hybridized carbons (Fsp3) is 0.357. The van der Waals surface area contributed by atoms with Crippen molar-refractivity contribution in [2.24, 2.45) is 0 Å². The lowest BCUT2D eigenvalue weighted by Crippen LogP contribution is -2.40. The molecule has 2 N–H and O–H groups in total. The van der Waals surface area contributed by atoms with Crippen LogP contribution in [0.3, 0.4) is 0 Å². The van der Waals surface area contributed by atoms with E-state index in [2.05, 4.69) is 5.32 Å². The molecule has 20 heavy (non-hydrogen) atoms. The Hall–Kier alpha value is -2.55. The van der Waals surface area contributed by atoms with E-state index in [1.54, 1.807) is 12.1 Å². The van der Waals surface area contributed by atoms with Crippen LogP contribution in [0.2, 0.25) is 0 Å². The molecule has 106 valence electrons. The van der Waals surface area contributed by atoms with Crippen molar-refractivity contribution in [3.63, 3.8) is 0 Å². The van der Waals surface area contributed by atoms with Crippen molar-refractivity contribution in [2.75, 3.05) is 11.9 Å². The molecular formula is C14H17N3O3. The molecule has 0 aliphatic carbocycles. The normalized spacial score (nSPS) is 9.90. The SMILES string of the molecule is CC(C)N(CCC#N)C(=O)Nc1ccccc1C(=O)O. The zero-order valence-electron chi connectivity index (χ0n) is 11.5. The summed E-state index contributed by atoms with van der Waals surface area (Å²) in [5.74, 6) is -1.10. The largest absolute Gasteiger partial charge is 0.478 e. The number of carboxylic acids is 1. The second kappa shape index (κ2) is 7.14. The van der Waals surface area contributed by atoms with E-state index in [4.69, 9.17) is 10.4 Å². The summed E-state index contributed by atoms with van der Waals surface area (Å²) >= 11 is 0. The Morgan fingerprint density at radius 2 is 2.05 bits per heavy atom. The maximum atomic E-state index is 12.1. The Labute approximate surface area is 117 Å². The smallest absolute Gasteiger partial charge is 0.337 e. The Balaban J connectivity index is 2.88. The van der Waals surface area contributed by atoms with Crippen LogP contribution in [0.25, 0.3) is 0 Å². The summed E-state index contributed by atoms with van der Waals surface area (Å²) in [6, 6.07) is 7.69. The van der Waals surface area contributed by atoms with E-state index < -0.39 is 12.0 Å². The topological polar surface area (TPSA) is 93.4 Å². The molecule has 0 saturated heterocycles. The number of urea groups is 1. The van der Waals surface area contributed by atoms with Gasteiger partial charge >= 0.3 is 12.0 Å². The Morgan fingerprint density at radius 3 is 2.60 bits per heavy atom. The number of carbonyl (C=O) groups excluding carboxylic acids is 1. The number of amides is 2. The van der Waals surface area contributed by atoms with Crippen LogP contribution in [-0.4, -0.2) is 34.6 Å². The second-order valence-corrected chi connectivity index (χ2v) is 4.48. The molecular weight excluding hydrogens is 258 g/mol. The molecule has 0 fully saturated rings. The lowest BCUT2D eigenvalue weighted by Gasteiger charge is -2.26. The highest BCUT2D eigenvalue weighted by Crippen LogP contribution is 2.16. The van der Waals surface area contributed by atoms with Gasteiger partial charge in [-0.3, -0.25) is 0 Å². The van der Waals surface area contributed by atoms with E-state index in [0.29, 0.717) is 6.54 Å². The standard InChI is InChI=1S/C14H17N3O3/c1-10(2)17(9-5-8-15)14(20)16-12-7-4-3-6-11(12)13(18)19/h3-4,6-7,10H,5,9H2,1-2H3,(H,16,20)(H,18,19). The minimum absolute atomic E-state index is 0.0323. The summed E-state index contributed by atoms with van der Waals surface area (Å²) in [6.07, 6.45) is 0.228. The first-order valence-corrected chi connectivity index (χ1v) is 6.24. The van der Waals surface area contributed by atoms with Crippen LogP contribution in [0.15, 0.2) is 24.3 Å². The lowest BCUT2D eigenvalue weighted by molar-refractivity contribution is 0.0698. The molecule has 1 aromatic carbocycles. The third-order valence-electron chi connectivity index (χ3n) is 2.75. The average Bonchev–Trinajstić information content (AvgIpc) is 2.39. The van der Waals surface area contributed by atoms with Gasteiger partial charge in [-0.15, -0.1) is 0 Å². The molecule has 1 aromatic rings. The maximum absolute atomic E-state index is 12.1. The van der Waals surface area contributed by atoms with Crippen LogP contribution in [0.1, 0.15) is 30.6 Å². The average molecular weight is 275 g/mol. The Morgan fingerprint density at radius 1 is 1.40 bits per heavy atom. The number of aromatic carboxylic acids is 1. The number of nitrogens with zero attached hydrogens (tertiary/aromatic N) is 2. The van der Waals surface area contributed by atoms with E-state index in [-0.39, 0.29) is 23.7 Å². The van der Waals surface area contributed by atoms with Gasteiger partial charge in [0.25, 0.3) is 0 Å². The molecule has 0 aliphatic heterocycles. The third kappa shape index (κ3) is 3.99. The van der Waals surface area contributed by atoms with E-state index in [1.807, 2.05) is 19.9 Å². The van der Waals surface area contributed by atoms with Crippen LogP contribution in [-0.2, 0) is 0 Å². The van der Waals surface area contributed by atoms with Crippen LogP contribution >= 0.6 is 0 Å². The Kier molecular flexibility index (Phi) is 5.54. The highest BCUT2D eigenvalue weighted by molar-refractivity contribution is 6.00. The monoisotopic (exact) mass is 275 g/mol. The minimum atomic E-state index is -1.10. The molecule has 2 amide bonds. The molecule has 1 rings (SSSR count). The molecule has 6 heteroatoms. The van der Waals surface area contributed by atoms with Gasteiger partial charge in [0.2, 0.25) is 0 Å². The van der Waals surface area contributed by atoms with E-state index in [1.165, 1.54) is 17.0 Å². The van der Waals surface area contributed by atoms with Crippen molar-refractivity contribution in [3.8, 4) is 6.07 Å². The van der Waals surface area contributed by atoms with Gasteiger partial charge in [-0.2, -0.15) is 5.26 Å². The van der Waals surface area contributed by atoms with Gasteiger partial charge in [0, 0.05) is 12.6 Å². The predicted octanol–water partition coefficient (Wildman–Crippen LogP) is 2.54. The zero-order chi connectivity index (χ0) is 15.1. The van der Waals surface area contributed by atoms with Gasteiger partial charge in [-0.25, -0.2) is 9.59 Å². The Bertz CT molecular complexity index is 535. The van der Waals surface area contributed by atoms with Gasteiger partial charge in [-0.1, -0.05) is 12.1 Å². The van der Waals surface area contributed by atoms with Gasteiger partial charge < -0.3 is 15.3 Å². The fourth-order valence-corrected chi connectivity index (χ4v) is 1.73. The first-order valence-electron chi connectivity index (χ1n) is 6.24. The van der Waals surface area contributed by atoms with Crippen molar-refractivity contribution in [3.05, 3.63) is 29.8 Å². The second-order valence-electron chi connectivity index (χ2n) is 4.48. The van der Waals surface area contributed by atoms with Crippen LogP contribution in [0.4, 0.5) is 10.5 Å². The maximum Gasteiger partial charge on any atom is 0.337 e. The molecule has 6 nitrogen and oxygen atoms in total. The summed E-state index contributed by atoms with van der Waals surface area (Å²) in [5, 5.41) is 20.2. The van der Waals surface area contributed by atoms with Crippen molar-refractivity contribution in [1.29, 1.82) is 5.26 Å². The van der Waals surface area contributed by atoms with E-state index in [0.717, 1.165) is 0 Å². The minimum Gasteiger partial charge on any atom is -0.478 e. The van der Waals surface area contributed by atoms with Crippen LogP contribution in [0.5, 0.6) is 0 Å². The highest BCUT2D eigenvalue weighted by atomic mass is 16.4. The van der Waals surface area contributed by atoms with Crippen molar-refractivity contribution >= 4 is 17.7 Å². The number of hydrogen-bond donors (Lipinski definition) is 2. The first kappa shape index (κ1) is 15.5. The summed E-state index contributed by atoms with van der Waals surface area (Å²) in [6.45, 7) is 3.97. The van der Waals surface area contributed by atoms with Crippen LogP contribution < -0.4 is 5.32 Å². The van der Waals surface area contributed by atoms with Crippen molar-refractivity contribution in [1.82, 2.24) is 4.90 Å². The highest BCUT2D eigenvalue weighted by Gasteiger charge is 2.18. The number of hydrogen-bond acceptors (Lipinski definition) is 3. The van der Waals surface area contributed by atoms with Gasteiger partial charge in [0.05, 0.1) is 23.7 Å². The van der Waals surface area contributed by atoms with Crippen LogP contribution in [0, 0.1) is 11.3 Å². The van der Waals surface area contributed by atoms with Gasteiger partial charge in [0.1, 0.15) is 0 Å². The molecule has 0 aliphatic rings. The molecule has 0 saturated carbocycles. The molecule has 0 radical (unpaired) electrons. The number of benzene rings is 1. The number of nitriles is 1. The summed E-state index contributed by atoms with van der Waals surface area (Å²) in [5.41, 5.74) is 0.275. The van der Waals surface area contributed by atoms with Crippen molar-refractivity contribution < 1.29 is 14.7 Å². The summed E-state index contributed by atoms with van der Waals surface area (Å²) in [4.78, 5) is 24.7. The molecule has 0 spiro atoms. The predicted molar refractivity (Wildman–Crippen MR) is 74.5 cm³/mol. The number of nitrogens with one attached hydrogen (secondary N) is 1. The molecule has 0 heterocycles. The van der Waals surface area contributed by atoms with E-state index in [9.17, 15) is 9.59 Å². The number of carbonyl (C=O) groups is 2. The van der Waals surface area contributed by atoms with E-state index >= 15 is 0 Å². The molecule has 0 unspecified atom stereocenters. The first-order chi connectivity index (χ1) is 9.47. The lowest BCUT2D eigenvalue weighted by atomic mass is 10.2. The zero-order valence-corrected chi connectivity index (χ0v) is 11.5. The van der Waals surface area contributed by atoms with Crippen molar-refractivity contribution in [2.45, 2.75) is 26.3 Å². The van der Waals surface area contributed by atoms with Gasteiger partial charge in [0.15, 0.2) is 0 Å². The van der Waals surface area contributed by atoms with Gasteiger partial charge in [-0.05, 0) is 26.0 Å². The number of rotatable bonds is 5. The quantitative estimate of drug-likeness (QED) is 0.863. The summed E-state index contributed by atoms with van der Waals surface area (Å²) in [7, 11) is 0.